The van der Waals surface area contributed by atoms with Crippen molar-refractivity contribution in [2.45, 2.75) is 32.2 Å². The lowest BCUT2D eigenvalue weighted by molar-refractivity contribution is -0.126. The molecule has 1 atom stereocenters. The molecule has 32 heavy (non-hydrogen) atoms. The van der Waals surface area contributed by atoms with E-state index in [0.717, 1.165) is 61.6 Å². The van der Waals surface area contributed by atoms with Gasteiger partial charge in [-0.05, 0) is 56.0 Å². The van der Waals surface area contributed by atoms with Crippen molar-refractivity contribution in [2.75, 3.05) is 31.2 Å². The van der Waals surface area contributed by atoms with Crippen LogP contribution in [-0.2, 0) is 9.53 Å². The maximum Gasteiger partial charge on any atom is 0.223 e. The fraction of sp³-hybridized carbons (Fsp3) is 0.417. The number of amides is 1. The van der Waals surface area contributed by atoms with E-state index in [-0.39, 0.29) is 17.9 Å². The number of rotatable bonds is 4. The summed E-state index contributed by atoms with van der Waals surface area (Å²) in [5.74, 6) is 1.02. The summed E-state index contributed by atoms with van der Waals surface area (Å²) < 4.78 is 7.52. The topological polar surface area (TPSA) is 59.4 Å². The number of carbonyl (C=O) groups excluding carboxylic acids is 1. The number of aryl methyl sites for hydroxylation is 1. The molecule has 168 valence electrons. The van der Waals surface area contributed by atoms with Crippen LogP contribution in [0.3, 0.4) is 0 Å². The van der Waals surface area contributed by atoms with E-state index >= 15 is 0 Å². The molecule has 3 aromatic rings. The van der Waals surface area contributed by atoms with E-state index in [1.165, 1.54) is 5.56 Å². The summed E-state index contributed by atoms with van der Waals surface area (Å²) in [6.07, 6.45) is 2.48. The van der Waals surface area contributed by atoms with Crippen molar-refractivity contribution in [1.29, 1.82) is 0 Å². The molecular formula is C24H26Cl2N4O2. The lowest BCUT2D eigenvalue weighted by atomic mass is 9.95. The Morgan fingerprint density at radius 1 is 1.12 bits per heavy atom. The molecule has 1 N–H and O–H groups in total. The molecule has 1 aromatic heterocycles. The van der Waals surface area contributed by atoms with Crippen molar-refractivity contribution in [2.24, 2.45) is 5.92 Å². The molecule has 8 heteroatoms. The Hall–Kier alpha value is -2.28. The summed E-state index contributed by atoms with van der Waals surface area (Å²) in [4.78, 5) is 19.9. The zero-order chi connectivity index (χ0) is 22.2. The highest BCUT2D eigenvalue weighted by atomic mass is 35.5. The zero-order valence-corrected chi connectivity index (χ0v) is 19.5. The van der Waals surface area contributed by atoms with Gasteiger partial charge in [0, 0.05) is 31.3 Å². The van der Waals surface area contributed by atoms with Crippen LogP contribution >= 0.6 is 23.2 Å². The molecule has 2 fully saturated rings. The fourth-order valence-electron chi connectivity index (χ4n) is 4.60. The van der Waals surface area contributed by atoms with E-state index in [9.17, 15) is 4.79 Å². The second kappa shape index (κ2) is 8.93. The monoisotopic (exact) mass is 472 g/mol. The minimum atomic E-state index is 0.0209. The first kappa shape index (κ1) is 21.6. The van der Waals surface area contributed by atoms with E-state index < -0.39 is 0 Å². The van der Waals surface area contributed by atoms with E-state index in [4.69, 9.17) is 32.9 Å². The van der Waals surface area contributed by atoms with Gasteiger partial charge < -0.3 is 15.0 Å². The quantitative estimate of drug-likeness (QED) is 0.594. The van der Waals surface area contributed by atoms with Gasteiger partial charge in [-0.3, -0.25) is 9.36 Å². The predicted octanol–water partition coefficient (Wildman–Crippen LogP) is 4.76. The summed E-state index contributed by atoms with van der Waals surface area (Å²) in [5, 5.41) is 4.14. The van der Waals surface area contributed by atoms with Crippen molar-refractivity contribution < 1.29 is 9.53 Å². The number of nitrogens with zero attached hydrogens (tertiary/aromatic N) is 3. The Morgan fingerprint density at radius 2 is 1.91 bits per heavy atom. The Morgan fingerprint density at radius 3 is 2.62 bits per heavy atom. The SMILES string of the molecule is Cc1cccc(-n2c(N3CCC(C(=O)NC4CCOC4)CC3)nc3cc(Cl)c(Cl)cc32)c1. The summed E-state index contributed by atoms with van der Waals surface area (Å²) in [6, 6.07) is 12.2. The number of piperidine rings is 1. The number of nitrogens with one attached hydrogen (secondary N) is 1. The van der Waals surface area contributed by atoms with Crippen LogP contribution in [0.15, 0.2) is 36.4 Å². The van der Waals surface area contributed by atoms with Gasteiger partial charge in [-0.1, -0.05) is 35.3 Å². The number of hydrogen-bond acceptors (Lipinski definition) is 4. The third-order valence-corrected chi connectivity index (χ3v) is 7.09. The maximum atomic E-state index is 12.7. The molecule has 2 aliphatic rings. The van der Waals surface area contributed by atoms with Crippen LogP contribution in [0.2, 0.25) is 10.0 Å². The molecule has 0 aliphatic carbocycles. The summed E-state index contributed by atoms with van der Waals surface area (Å²) in [6.45, 7) is 4.94. The first-order chi connectivity index (χ1) is 15.5. The van der Waals surface area contributed by atoms with E-state index in [1.54, 1.807) is 0 Å². The number of benzene rings is 2. The molecule has 1 unspecified atom stereocenters. The van der Waals surface area contributed by atoms with Gasteiger partial charge in [0.25, 0.3) is 0 Å². The van der Waals surface area contributed by atoms with E-state index in [0.29, 0.717) is 16.7 Å². The van der Waals surface area contributed by atoms with Crippen molar-refractivity contribution in [1.82, 2.24) is 14.9 Å². The van der Waals surface area contributed by atoms with Gasteiger partial charge in [0.1, 0.15) is 0 Å². The number of hydrogen-bond donors (Lipinski definition) is 1. The van der Waals surface area contributed by atoms with Crippen LogP contribution < -0.4 is 10.2 Å². The summed E-state index contributed by atoms with van der Waals surface area (Å²) >= 11 is 12.6. The van der Waals surface area contributed by atoms with Crippen LogP contribution in [0.1, 0.15) is 24.8 Å². The maximum absolute atomic E-state index is 12.7. The Bertz CT molecular complexity index is 1150. The lowest BCUT2D eigenvalue weighted by Crippen LogP contribution is -2.44. The van der Waals surface area contributed by atoms with Crippen molar-refractivity contribution >= 4 is 46.1 Å². The number of fused-ring (bicyclic) bond motifs is 1. The third-order valence-electron chi connectivity index (χ3n) is 6.36. The Labute approximate surface area is 197 Å². The van der Waals surface area contributed by atoms with Gasteiger partial charge in [0.15, 0.2) is 0 Å². The number of aromatic nitrogens is 2. The van der Waals surface area contributed by atoms with E-state index in [1.807, 2.05) is 18.2 Å². The standard InChI is InChI=1S/C24H26Cl2N4O2/c1-15-3-2-4-18(11-15)30-22-13-20(26)19(25)12-21(22)28-24(30)29-8-5-16(6-9-29)23(31)27-17-7-10-32-14-17/h2-4,11-13,16-17H,5-10,14H2,1H3,(H,27,31). The van der Waals surface area contributed by atoms with Crippen molar-refractivity contribution in [3.05, 3.63) is 52.0 Å². The second-order valence-electron chi connectivity index (χ2n) is 8.67. The van der Waals surface area contributed by atoms with E-state index in [2.05, 4.69) is 39.9 Å². The zero-order valence-electron chi connectivity index (χ0n) is 18.0. The summed E-state index contributed by atoms with van der Waals surface area (Å²) in [7, 11) is 0. The van der Waals surface area contributed by atoms with Gasteiger partial charge in [0.05, 0.1) is 33.7 Å². The first-order valence-electron chi connectivity index (χ1n) is 11.1. The normalized spacial score (nSPS) is 19.6. The molecular weight excluding hydrogens is 447 g/mol. The van der Waals surface area contributed by atoms with Gasteiger partial charge in [-0.15, -0.1) is 0 Å². The average molecular weight is 473 g/mol. The molecule has 2 saturated heterocycles. The van der Waals surface area contributed by atoms with Crippen molar-refractivity contribution in [3.63, 3.8) is 0 Å². The number of anilines is 1. The van der Waals surface area contributed by atoms with Crippen LogP contribution in [0, 0.1) is 12.8 Å². The van der Waals surface area contributed by atoms with Gasteiger partial charge >= 0.3 is 0 Å². The third kappa shape index (κ3) is 4.19. The van der Waals surface area contributed by atoms with Gasteiger partial charge in [-0.2, -0.15) is 0 Å². The minimum Gasteiger partial charge on any atom is -0.379 e. The molecule has 0 saturated carbocycles. The molecule has 0 radical (unpaired) electrons. The highest BCUT2D eigenvalue weighted by Crippen LogP contribution is 2.34. The summed E-state index contributed by atoms with van der Waals surface area (Å²) in [5.41, 5.74) is 3.92. The predicted molar refractivity (Wildman–Crippen MR) is 128 cm³/mol. The van der Waals surface area contributed by atoms with Crippen LogP contribution in [-0.4, -0.2) is 47.8 Å². The average Bonchev–Trinajstić information content (AvgIpc) is 3.42. The number of imidazole rings is 1. The minimum absolute atomic E-state index is 0.0209. The van der Waals surface area contributed by atoms with Crippen LogP contribution in [0.25, 0.3) is 16.7 Å². The highest BCUT2D eigenvalue weighted by molar-refractivity contribution is 6.42. The molecule has 5 rings (SSSR count). The fourth-order valence-corrected chi connectivity index (χ4v) is 4.92. The number of carbonyl (C=O) groups is 1. The molecule has 6 nitrogen and oxygen atoms in total. The van der Waals surface area contributed by atoms with Crippen molar-refractivity contribution in [3.8, 4) is 5.69 Å². The van der Waals surface area contributed by atoms with Gasteiger partial charge in [-0.25, -0.2) is 4.98 Å². The Balaban J connectivity index is 1.43. The van der Waals surface area contributed by atoms with Gasteiger partial charge in [0.2, 0.25) is 11.9 Å². The Kier molecular flexibility index (Phi) is 6.01. The number of halogens is 2. The highest BCUT2D eigenvalue weighted by Gasteiger charge is 2.30. The largest absolute Gasteiger partial charge is 0.379 e. The molecule has 2 aromatic carbocycles. The second-order valence-corrected chi connectivity index (χ2v) is 9.49. The van der Waals surface area contributed by atoms with Crippen LogP contribution in [0.5, 0.6) is 0 Å². The number of ether oxygens (including phenoxy) is 1. The molecule has 1 amide bonds. The first-order valence-corrected chi connectivity index (χ1v) is 11.8. The smallest absolute Gasteiger partial charge is 0.223 e. The molecule has 0 bridgehead atoms. The lowest BCUT2D eigenvalue weighted by Gasteiger charge is -2.32. The molecule has 2 aliphatic heterocycles. The molecule has 3 heterocycles. The van der Waals surface area contributed by atoms with Crippen LogP contribution in [0.4, 0.5) is 5.95 Å². The molecule has 0 spiro atoms.